The van der Waals surface area contributed by atoms with E-state index in [9.17, 15) is 4.79 Å². The SMILES string of the molecule is COc1cccc(-c2noc(Cn3cnc4c(sc5nc(C)cc(C)c54)c3=O)n2)c1OC. The van der Waals surface area contributed by atoms with Crippen molar-refractivity contribution in [3.63, 3.8) is 0 Å². The van der Waals surface area contributed by atoms with Crippen LogP contribution in [0.4, 0.5) is 0 Å². The lowest BCUT2D eigenvalue weighted by atomic mass is 10.1. The van der Waals surface area contributed by atoms with Gasteiger partial charge in [0.15, 0.2) is 11.5 Å². The number of nitrogens with zero attached hydrogens (tertiary/aromatic N) is 5. The summed E-state index contributed by atoms with van der Waals surface area (Å²) in [6.07, 6.45) is 1.51. The number of benzene rings is 1. The van der Waals surface area contributed by atoms with Gasteiger partial charge in [-0.3, -0.25) is 9.36 Å². The summed E-state index contributed by atoms with van der Waals surface area (Å²) >= 11 is 1.35. The van der Waals surface area contributed by atoms with Gasteiger partial charge in [-0.1, -0.05) is 11.2 Å². The molecule has 0 saturated heterocycles. The summed E-state index contributed by atoms with van der Waals surface area (Å²) in [5, 5.41) is 4.97. The normalized spacial score (nSPS) is 11.4. The van der Waals surface area contributed by atoms with Crippen molar-refractivity contribution in [2.45, 2.75) is 20.4 Å². The first kappa shape index (κ1) is 20.1. The van der Waals surface area contributed by atoms with Crippen LogP contribution in [0.5, 0.6) is 11.5 Å². The van der Waals surface area contributed by atoms with Crippen molar-refractivity contribution in [3.8, 4) is 22.9 Å². The molecule has 0 amide bonds. The fourth-order valence-corrected chi connectivity index (χ4v) is 4.95. The first-order valence-electron chi connectivity index (χ1n) is 9.80. The molecule has 10 heteroatoms. The van der Waals surface area contributed by atoms with Crippen molar-refractivity contribution in [2.24, 2.45) is 0 Å². The van der Waals surface area contributed by atoms with Crippen LogP contribution in [0.1, 0.15) is 17.1 Å². The largest absolute Gasteiger partial charge is 0.493 e. The molecule has 5 rings (SSSR count). The molecular weight excluding hydrogens is 430 g/mol. The summed E-state index contributed by atoms with van der Waals surface area (Å²) in [4.78, 5) is 27.5. The predicted molar refractivity (Wildman–Crippen MR) is 121 cm³/mol. The van der Waals surface area contributed by atoms with Gasteiger partial charge in [0.05, 0.1) is 31.6 Å². The van der Waals surface area contributed by atoms with E-state index in [-0.39, 0.29) is 18.0 Å². The number of pyridine rings is 1. The van der Waals surface area contributed by atoms with Gasteiger partial charge in [-0.15, -0.1) is 11.3 Å². The standard InChI is InChI=1S/C22H19N5O4S/c1-11-8-12(2)24-21-16(11)17-19(32-21)22(28)27(10-23-17)9-15-25-20(26-31-15)13-6-5-7-14(29-3)18(13)30-4/h5-8,10H,9H2,1-4H3. The van der Waals surface area contributed by atoms with E-state index in [1.165, 1.54) is 22.2 Å². The maximum atomic E-state index is 13.1. The van der Waals surface area contributed by atoms with Gasteiger partial charge in [0.1, 0.15) is 16.1 Å². The fraction of sp³-hybridized carbons (Fsp3) is 0.227. The third kappa shape index (κ3) is 3.19. The van der Waals surface area contributed by atoms with Crippen molar-refractivity contribution < 1.29 is 14.0 Å². The summed E-state index contributed by atoms with van der Waals surface area (Å²) < 4.78 is 18.2. The summed E-state index contributed by atoms with van der Waals surface area (Å²) in [7, 11) is 3.11. The molecule has 5 aromatic rings. The molecule has 0 aliphatic carbocycles. The van der Waals surface area contributed by atoms with Crippen LogP contribution in [-0.4, -0.2) is 38.9 Å². The second-order valence-corrected chi connectivity index (χ2v) is 8.27. The van der Waals surface area contributed by atoms with Crippen LogP contribution in [-0.2, 0) is 6.54 Å². The highest BCUT2D eigenvalue weighted by molar-refractivity contribution is 7.25. The highest BCUT2D eigenvalue weighted by Gasteiger charge is 2.19. The Morgan fingerprint density at radius 3 is 2.78 bits per heavy atom. The van der Waals surface area contributed by atoms with Crippen LogP contribution in [0.2, 0.25) is 0 Å². The molecule has 162 valence electrons. The van der Waals surface area contributed by atoms with Gasteiger partial charge in [0.2, 0.25) is 11.7 Å². The van der Waals surface area contributed by atoms with Crippen LogP contribution < -0.4 is 15.0 Å². The molecule has 0 unspecified atom stereocenters. The maximum Gasteiger partial charge on any atom is 0.271 e. The minimum Gasteiger partial charge on any atom is -0.493 e. The zero-order valence-electron chi connectivity index (χ0n) is 17.9. The van der Waals surface area contributed by atoms with Crippen molar-refractivity contribution in [2.75, 3.05) is 14.2 Å². The number of rotatable bonds is 5. The Labute approximate surface area is 186 Å². The molecule has 0 N–H and O–H groups in total. The molecule has 0 aliphatic heterocycles. The molecule has 32 heavy (non-hydrogen) atoms. The first-order valence-corrected chi connectivity index (χ1v) is 10.6. The average molecular weight is 449 g/mol. The number of hydrogen-bond donors (Lipinski definition) is 0. The molecule has 1 aromatic carbocycles. The molecule has 9 nitrogen and oxygen atoms in total. The minimum atomic E-state index is -0.172. The van der Waals surface area contributed by atoms with Crippen LogP contribution in [0.15, 0.2) is 39.9 Å². The summed E-state index contributed by atoms with van der Waals surface area (Å²) in [5.74, 6) is 1.69. The van der Waals surface area contributed by atoms with Crippen molar-refractivity contribution in [1.29, 1.82) is 0 Å². The number of ether oxygens (including phenoxy) is 2. The second-order valence-electron chi connectivity index (χ2n) is 7.27. The highest BCUT2D eigenvalue weighted by Crippen LogP contribution is 2.36. The lowest BCUT2D eigenvalue weighted by Gasteiger charge is -2.09. The third-order valence-electron chi connectivity index (χ3n) is 5.16. The van der Waals surface area contributed by atoms with E-state index in [1.807, 2.05) is 32.0 Å². The van der Waals surface area contributed by atoms with E-state index in [4.69, 9.17) is 14.0 Å². The van der Waals surface area contributed by atoms with Crippen LogP contribution in [0, 0.1) is 13.8 Å². The molecule has 0 saturated carbocycles. The highest BCUT2D eigenvalue weighted by atomic mass is 32.1. The summed E-state index contributed by atoms with van der Waals surface area (Å²) in [6, 6.07) is 7.40. The maximum absolute atomic E-state index is 13.1. The average Bonchev–Trinajstić information content (AvgIpc) is 3.40. The Morgan fingerprint density at radius 1 is 1.16 bits per heavy atom. The van der Waals surface area contributed by atoms with E-state index in [0.717, 1.165) is 21.5 Å². The first-order chi connectivity index (χ1) is 15.5. The van der Waals surface area contributed by atoms with Gasteiger partial charge < -0.3 is 14.0 Å². The molecular formula is C22H19N5O4S. The number of aryl methyl sites for hydroxylation is 2. The zero-order chi connectivity index (χ0) is 22.4. The van der Waals surface area contributed by atoms with E-state index in [2.05, 4.69) is 20.1 Å². The lowest BCUT2D eigenvalue weighted by molar-refractivity contribution is 0.354. The number of thiophene rings is 1. The van der Waals surface area contributed by atoms with Gasteiger partial charge in [0.25, 0.3) is 5.56 Å². The molecule has 0 atom stereocenters. The van der Waals surface area contributed by atoms with Crippen LogP contribution in [0.25, 0.3) is 31.8 Å². The van der Waals surface area contributed by atoms with Gasteiger partial charge in [-0.05, 0) is 37.6 Å². The number of para-hydroxylation sites is 1. The Kier molecular flexibility index (Phi) is 4.86. The number of methoxy groups -OCH3 is 2. The summed E-state index contributed by atoms with van der Waals surface area (Å²) in [5.41, 5.74) is 3.09. The molecule has 0 radical (unpaired) electrons. The molecule has 4 aromatic heterocycles. The monoisotopic (exact) mass is 449 g/mol. The Morgan fingerprint density at radius 2 is 2.00 bits per heavy atom. The Balaban J connectivity index is 1.53. The third-order valence-corrected chi connectivity index (χ3v) is 6.22. The van der Waals surface area contributed by atoms with E-state index in [1.54, 1.807) is 20.3 Å². The molecule has 0 fully saturated rings. The smallest absolute Gasteiger partial charge is 0.271 e. The van der Waals surface area contributed by atoms with Crippen LogP contribution in [0.3, 0.4) is 0 Å². The molecule has 0 bridgehead atoms. The summed E-state index contributed by atoms with van der Waals surface area (Å²) in [6.45, 7) is 4.04. The number of fused-ring (bicyclic) bond motifs is 3. The van der Waals surface area contributed by atoms with Crippen molar-refractivity contribution in [3.05, 3.63) is 58.1 Å². The number of aromatic nitrogens is 5. The van der Waals surface area contributed by atoms with Gasteiger partial charge in [-0.25, -0.2) is 9.97 Å². The molecule has 0 aliphatic rings. The predicted octanol–water partition coefficient (Wildman–Crippen LogP) is 3.74. The van der Waals surface area contributed by atoms with Gasteiger partial charge >= 0.3 is 0 Å². The van der Waals surface area contributed by atoms with Gasteiger partial charge in [-0.2, -0.15) is 4.98 Å². The van der Waals surface area contributed by atoms with E-state index >= 15 is 0 Å². The van der Waals surface area contributed by atoms with E-state index in [0.29, 0.717) is 33.1 Å². The minimum absolute atomic E-state index is 0.0980. The Bertz CT molecular complexity index is 1540. The topological polar surface area (TPSA) is 105 Å². The zero-order valence-corrected chi connectivity index (χ0v) is 18.7. The second kappa shape index (κ2) is 7.72. The molecule has 0 spiro atoms. The number of hydrogen-bond acceptors (Lipinski definition) is 9. The van der Waals surface area contributed by atoms with E-state index < -0.39 is 0 Å². The van der Waals surface area contributed by atoms with Gasteiger partial charge in [0, 0.05) is 11.1 Å². The fourth-order valence-electron chi connectivity index (χ4n) is 3.75. The Hall–Kier alpha value is -3.79. The molecule has 4 heterocycles. The van der Waals surface area contributed by atoms with Crippen molar-refractivity contribution >= 4 is 31.8 Å². The van der Waals surface area contributed by atoms with Crippen molar-refractivity contribution in [1.82, 2.24) is 24.7 Å². The quantitative estimate of drug-likeness (QED) is 0.400. The van der Waals surface area contributed by atoms with Crippen LogP contribution >= 0.6 is 11.3 Å². The lowest BCUT2D eigenvalue weighted by Crippen LogP contribution is -2.20.